The van der Waals surface area contributed by atoms with Gasteiger partial charge in [0.1, 0.15) is 5.52 Å². The second-order valence-electron chi connectivity index (χ2n) is 9.69. The molecule has 2 heterocycles. The quantitative estimate of drug-likeness (QED) is 0.554. The van der Waals surface area contributed by atoms with Crippen LogP contribution in [0.25, 0.3) is 11.1 Å². The summed E-state index contributed by atoms with van der Waals surface area (Å²) in [4.78, 5) is 17.1. The molecule has 0 unspecified atom stereocenters. The van der Waals surface area contributed by atoms with Gasteiger partial charge in [0.05, 0.1) is 5.75 Å². The molecule has 1 spiro atoms. The minimum Gasteiger partial charge on any atom is -0.440 e. The highest BCUT2D eigenvalue weighted by molar-refractivity contribution is 7.91. The Labute approximate surface area is 190 Å². The Hall–Kier alpha value is -2.32. The van der Waals surface area contributed by atoms with Gasteiger partial charge in [-0.05, 0) is 80.2 Å². The Morgan fingerprint density at radius 3 is 2.66 bits per heavy atom. The summed E-state index contributed by atoms with van der Waals surface area (Å²) >= 11 is 6.03. The Morgan fingerprint density at radius 1 is 1.12 bits per heavy atom. The lowest BCUT2D eigenvalue weighted by Crippen LogP contribution is -2.55. The molecule has 0 aliphatic heterocycles. The zero-order chi connectivity index (χ0) is 22.1. The van der Waals surface area contributed by atoms with Crippen molar-refractivity contribution in [3.05, 3.63) is 47.0 Å². The van der Waals surface area contributed by atoms with Crippen LogP contribution in [-0.4, -0.2) is 31.1 Å². The number of nitrogens with zero attached hydrogens (tertiary/aromatic N) is 1. The number of rotatable bonds is 6. The van der Waals surface area contributed by atoms with Crippen molar-refractivity contribution in [2.24, 2.45) is 11.3 Å². The molecule has 6 rings (SSSR count). The summed E-state index contributed by atoms with van der Waals surface area (Å²) in [6, 6.07) is 8.35. The molecular formula is C23H23ClN2O5S. The minimum absolute atomic E-state index is 0.0527. The summed E-state index contributed by atoms with van der Waals surface area (Å²) in [5.41, 5.74) is 1.76. The van der Waals surface area contributed by atoms with Gasteiger partial charge in [-0.15, -0.1) is 0 Å². The van der Waals surface area contributed by atoms with Crippen LogP contribution in [0, 0.1) is 11.3 Å². The van der Waals surface area contributed by atoms with Crippen molar-refractivity contribution in [2.45, 2.75) is 55.6 Å². The summed E-state index contributed by atoms with van der Waals surface area (Å²) in [5.74, 6) is 1.08. The highest BCUT2D eigenvalue weighted by Crippen LogP contribution is 2.61. The number of nitrogens with one attached hydrogen (secondary N) is 1. The van der Waals surface area contributed by atoms with Crippen molar-refractivity contribution < 1.29 is 22.0 Å². The molecule has 0 bridgehead atoms. The third-order valence-electron chi connectivity index (χ3n) is 7.03. The van der Waals surface area contributed by atoms with Crippen LogP contribution in [-0.2, 0) is 9.84 Å². The number of amides is 1. The Bertz CT molecular complexity index is 1310. The number of oxazole rings is 1. The number of benzene rings is 1. The summed E-state index contributed by atoms with van der Waals surface area (Å²) in [6.07, 6.45) is 5.66. The number of hydrogen-bond donors (Lipinski definition) is 1. The highest BCUT2D eigenvalue weighted by atomic mass is 35.5. The average Bonchev–Trinajstić information content (AvgIpc) is 3.18. The summed E-state index contributed by atoms with van der Waals surface area (Å²) < 4.78 is 35.9. The topological polar surface area (TPSA) is 102 Å². The molecule has 1 aromatic carbocycles. The summed E-state index contributed by atoms with van der Waals surface area (Å²) in [7, 11) is -3.46. The van der Waals surface area contributed by atoms with Crippen LogP contribution in [0.1, 0.15) is 60.9 Å². The van der Waals surface area contributed by atoms with Crippen LogP contribution in [0.4, 0.5) is 0 Å². The van der Waals surface area contributed by atoms with Crippen molar-refractivity contribution in [1.29, 1.82) is 0 Å². The van der Waals surface area contributed by atoms with E-state index in [-0.39, 0.29) is 39.9 Å². The first-order chi connectivity index (χ1) is 15.3. The summed E-state index contributed by atoms with van der Waals surface area (Å²) in [6.45, 7) is 0. The molecule has 7 nitrogen and oxygen atoms in total. The van der Waals surface area contributed by atoms with Crippen molar-refractivity contribution in [1.82, 2.24) is 10.3 Å². The van der Waals surface area contributed by atoms with E-state index < -0.39 is 9.84 Å². The van der Waals surface area contributed by atoms with Crippen molar-refractivity contribution in [3.63, 3.8) is 0 Å². The van der Waals surface area contributed by atoms with Crippen LogP contribution < -0.4 is 5.32 Å². The van der Waals surface area contributed by atoms with Gasteiger partial charge in [0, 0.05) is 17.0 Å². The molecule has 0 saturated heterocycles. The smallest absolute Gasteiger partial charge is 0.287 e. The first kappa shape index (κ1) is 20.3. The Morgan fingerprint density at radius 2 is 1.91 bits per heavy atom. The molecule has 168 valence electrons. The Balaban J connectivity index is 1.03. The lowest BCUT2D eigenvalue weighted by molar-refractivity contribution is -0.0256. The molecule has 1 amide bonds. The normalized spacial score (nSPS) is 27.3. The molecular weight excluding hydrogens is 452 g/mol. The standard InChI is InChI=1S/C23H23ClN2O5S/c24-15-3-4-18-17(7-15)26-22(31-18)14-8-23(9-14)10-16(11-23)25-21(27)19-5-6-20(30-19)32(28,29)12-13-1-2-13/h3-7,13-14,16H,1-2,8-12H2,(H,25,27). The molecule has 3 aromatic rings. The molecule has 32 heavy (non-hydrogen) atoms. The van der Waals surface area contributed by atoms with Crippen LogP contribution in [0.3, 0.4) is 0 Å². The molecule has 3 aliphatic rings. The van der Waals surface area contributed by atoms with Gasteiger partial charge in [0.2, 0.25) is 14.9 Å². The van der Waals surface area contributed by atoms with Gasteiger partial charge in [-0.2, -0.15) is 0 Å². The number of furan rings is 1. The van der Waals surface area contributed by atoms with E-state index in [1.165, 1.54) is 12.1 Å². The summed E-state index contributed by atoms with van der Waals surface area (Å²) in [5, 5.41) is 3.51. The predicted octanol–water partition coefficient (Wildman–Crippen LogP) is 4.71. The number of sulfone groups is 1. The molecule has 2 aromatic heterocycles. The second kappa shape index (κ2) is 7.09. The van der Waals surface area contributed by atoms with Gasteiger partial charge in [0.15, 0.2) is 17.2 Å². The number of carbonyl (C=O) groups is 1. The molecule has 9 heteroatoms. The lowest BCUT2D eigenvalue weighted by atomic mass is 9.50. The van der Waals surface area contributed by atoms with E-state index in [2.05, 4.69) is 10.3 Å². The average molecular weight is 475 g/mol. The molecule has 3 aliphatic carbocycles. The third kappa shape index (κ3) is 3.63. The third-order valence-corrected chi connectivity index (χ3v) is 9.01. The van der Waals surface area contributed by atoms with Gasteiger partial charge in [-0.25, -0.2) is 13.4 Å². The number of fused-ring (bicyclic) bond motifs is 1. The van der Waals surface area contributed by atoms with Gasteiger partial charge in [0.25, 0.3) is 5.91 Å². The first-order valence-corrected chi connectivity index (χ1v) is 13.0. The molecule has 3 fully saturated rings. The van der Waals surface area contributed by atoms with E-state index in [0.29, 0.717) is 10.9 Å². The van der Waals surface area contributed by atoms with Crippen LogP contribution in [0.2, 0.25) is 5.02 Å². The van der Waals surface area contributed by atoms with Crippen molar-refractivity contribution in [3.8, 4) is 0 Å². The van der Waals surface area contributed by atoms with E-state index in [1.54, 1.807) is 6.07 Å². The number of hydrogen-bond acceptors (Lipinski definition) is 6. The van der Waals surface area contributed by atoms with E-state index in [1.807, 2.05) is 12.1 Å². The number of aromatic nitrogens is 1. The monoisotopic (exact) mass is 474 g/mol. The fraction of sp³-hybridized carbons (Fsp3) is 0.478. The largest absolute Gasteiger partial charge is 0.440 e. The zero-order valence-electron chi connectivity index (χ0n) is 17.3. The minimum atomic E-state index is -3.46. The fourth-order valence-corrected chi connectivity index (χ4v) is 6.99. The zero-order valence-corrected chi connectivity index (χ0v) is 18.9. The maximum atomic E-state index is 12.5. The van der Waals surface area contributed by atoms with Gasteiger partial charge in [-0.1, -0.05) is 11.6 Å². The molecule has 0 radical (unpaired) electrons. The Kier molecular flexibility index (Phi) is 4.50. The van der Waals surface area contributed by atoms with E-state index in [4.69, 9.17) is 20.4 Å². The van der Waals surface area contributed by atoms with Crippen LogP contribution in [0.15, 0.2) is 44.3 Å². The van der Waals surface area contributed by atoms with E-state index in [9.17, 15) is 13.2 Å². The van der Waals surface area contributed by atoms with Crippen molar-refractivity contribution in [2.75, 3.05) is 5.75 Å². The maximum absolute atomic E-state index is 12.5. The number of halogens is 1. The van der Waals surface area contributed by atoms with Crippen molar-refractivity contribution >= 4 is 38.4 Å². The van der Waals surface area contributed by atoms with Crippen LogP contribution in [0.5, 0.6) is 0 Å². The number of carbonyl (C=O) groups excluding carboxylic acids is 1. The van der Waals surface area contributed by atoms with Gasteiger partial charge < -0.3 is 14.2 Å². The lowest BCUT2D eigenvalue weighted by Gasteiger charge is -2.57. The van der Waals surface area contributed by atoms with Gasteiger partial charge >= 0.3 is 0 Å². The first-order valence-electron chi connectivity index (χ1n) is 11.0. The van der Waals surface area contributed by atoms with Gasteiger partial charge in [-0.3, -0.25) is 4.79 Å². The highest BCUT2D eigenvalue weighted by Gasteiger charge is 2.54. The maximum Gasteiger partial charge on any atom is 0.287 e. The van der Waals surface area contributed by atoms with E-state index >= 15 is 0 Å². The predicted molar refractivity (Wildman–Crippen MR) is 117 cm³/mol. The SMILES string of the molecule is O=C(NC1CC2(C1)CC(c1nc3cc(Cl)ccc3o1)C2)c1ccc(S(=O)(=O)CC2CC2)o1. The molecule has 0 atom stereocenters. The van der Waals surface area contributed by atoms with E-state index in [0.717, 1.165) is 55.5 Å². The second-order valence-corrected chi connectivity index (χ2v) is 12.1. The fourth-order valence-electron chi connectivity index (χ4n) is 5.22. The molecule has 3 saturated carbocycles. The molecule has 1 N–H and O–H groups in total. The van der Waals surface area contributed by atoms with Crippen LogP contribution >= 0.6 is 11.6 Å².